The third-order valence-electron chi connectivity index (χ3n) is 2.33. The summed E-state index contributed by atoms with van der Waals surface area (Å²) in [6.07, 6.45) is 1.29. The molecule has 2 nitrogen and oxygen atoms in total. The Kier molecular flexibility index (Phi) is 4.63. The molecule has 0 heterocycles. The first-order valence-corrected chi connectivity index (χ1v) is 5.54. The Hall–Kier alpha value is -1.02. The van der Waals surface area contributed by atoms with E-state index in [1.165, 1.54) is 0 Å². The molecule has 0 aromatic heterocycles. The number of hydrogen-bond acceptors (Lipinski definition) is 1. The standard InChI is InChI=1S/C12H16ClNO/c1-3-9(2)14-12(15)8-10-6-4-5-7-11(10)13/h4-7,9H,3,8H2,1-2H3,(H,14,15)/t9-/m1/s1. The molecule has 1 aromatic carbocycles. The molecule has 0 saturated heterocycles. The van der Waals surface area contributed by atoms with E-state index in [1.54, 1.807) is 6.07 Å². The van der Waals surface area contributed by atoms with E-state index in [9.17, 15) is 4.79 Å². The van der Waals surface area contributed by atoms with Crippen molar-refractivity contribution >= 4 is 17.5 Å². The van der Waals surface area contributed by atoms with Crippen LogP contribution in [0.1, 0.15) is 25.8 Å². The molecule has 0 radical (unpaired) electrons. The van der Waals surface area contributed by atoms with Gasteiger partial charge in [0.25, 0.3) is 0 Å². The Balaban J connectivity index is 2.55. The van der Waals surface area contributed by atoms with E-state index >= 15 is 0 Å². The number of carbonyl (C=O) groups excluding carboxylic acids is 1. The lowest BCUT2D eigenvalue weighted by molar-refractivity contribution is -0.121. The zero-order valence-electron chi connectivity index (χ0n) is 9.09. The summed E-state index contributed by atoms with van der Waals surface area (Å²) in [5.74, 6) is 0.0254. The van der Waals surface area contributed by atoms with Crippen molar-refractivity contribution in [2.24, 2.45) is 0 Å². The zero-order valence-corrected chi connectivity index (χ0v) is 9.84. The smallest absolute Gasteiger partial charge is 0.224 e. The minimum Gasteiger partial charge on any atom is -0.353 e. The average molecular weight is 226 g/mol. The number of halogens is 1. The average Bonchev–Trinajstić information content (AvgIpc) is 2.21. The highest BCUT2D eigenvalue weighted by atomic mass is 35.5. The first kappa shape index (κ1) is 12.1. The van der Waals surface area contributed by atoms with Crippen molar-refractivity contribution in [3.63, 3.8) is 0 Å². The maximum atomic E-state index is 11.6. The first-order valence-electron chi connectivity index (χ1n) is 5.16. The van der Waals surface area contributed by atoms with Crippen LogP contribution in [0.4, 0.5) is 0 Å². The van der Waals surface area contributed by atoms with Crippen LogP contribution in [0.2, 0.25) is 5.02 Å². The fourth-order valence-corrected chi connectivity index (χ4v) is 1.45. The SMILES string of the molecule is CC[C@@H](C)NC(=O)Cc1ccccc1Cl. The predicted molar refractivity (Wildman–Crippen MR) is 63.1 cm³/mol. The zero-order chi connectivity index (χ0) is 11.3. The van der Waals surface area contributed by atoms with Crippen LogP contribution in [0.15, 0.2) is 24.3 Å². The molecule has 1 amide bonds. The highest BCUT2D eigenvalue weighted by Crippen LogP contribution is 2.15. The monoisotopic (exact) mass is 225 g/mol. The lowest BCUT2D eigenvalue weighted by Crippen LogP contribution is -2.33. The minimum absolute atomic E-state index is 0.0254. The highest BCUT2D eigenvalue weighted by Gasteiger charge is 2.08. The minimum atomic E-state index is 0.0254. The molecule has 0 aliphatic heterocycles. The second kappa shape index (κ2) is 5.76. The van der Waals surface area contributed by atoms with Crippen LogP contribution in [-0.2, 0) is 11.2 Å². The molecule has 0 saturated carbocycles. The van der Waals surface area contributed by atoms with Gasteiger partial charge >= 0.3 is 0 Å². The molecule has 1 aromatic rings. The van der Waals surface area contributed by atoms with E-state index < -0.39 is 0 Å². The Labute approximate surface area is 95.6 Å². The van der Waals surface area contributed by atoms with E-state index in [0.29, 0.717) is 11.4 Å². The second-order valence-corrected chi connectivity index (χ2v) is 4.05. The van der Waals surface area contributed by atoms with Crippen molar-refractivity contribution in [2.45, 2.75) is 32.7 Å². The van der Waals surface area contributed by atoms with Gasteiger partial charge in [-0.1, -0.05) is 36.7 Å². The summed E-state index contributed by atoms with van der Waals surface area (Å²) in [5, 5.41) is 3.56. The van der Waals surface area contributed by atoms with Crippen LogP contribution in [0.25, 0.3) is 0 Å². The van der Waals surface area contributed by atoms with Gasteiger partial charge in [0.1, 0.15) is 0 Å². The van der Waals surface area contributed by atoms with Crippen molar-refractivity contribution in [1.29, 1.82) is 0 Å². The topological polar surface area (TPSA) is 29.1 Å². The lowest BCUT2D eigenvalue weighted by Gasteiger charge is -2.11. The van der Waals surface area contributed by atoms with E-state index in [2.05, 4.69) is 5.32 Å². The third-order valence-corrected chi connectivity index (χ3v) is 2.70. The summed E-state index contributed by atoms with van der Waals surface area (Å²) in [4.78, 5) is 11.6. The van der Waals surface area contributed by atoms with Gasteiger partial charge in [-0.15, -0.1) is 0 Å². The molecule has 1 N–H and O–H groups in total. The molecule has 0 spiro atoms. The van der Waals surface area contributed by atoms with Crippen molar-refractivity contribution < 1.29 is 4.79 Å². The molecule has 0 fully saturated rings. The maximum Gasteiger partial charge on any atom is 0.224 e. The highest BCUT2D eigenvalue weighted by molar-refractivity contribution is 6.31. The molecule has 0 bridgehead atoms. The van der Waals surface area contributed by atoms with Gasteiger partial charge in [-0.25, -0.2) is 0 Å². The molecule has 82 valence electrons. The van der Waals surface area contributed by atoms with Crippen LogP contribution in [0.5, 0.6) is 0 Å². The Bertz CT molecular complexity index is 338. The van der Waals surface area contributed by atoms with E-state index in [0.717, 1.165) is 12.0 Å². The largest absolute Gasteiger partial charge is 0.353 e. The van der Waals surface area contributed by atoms with Crippen molar-refractivity contribution in [3.8, 4) is 0 Å². The molecule has 1 atom stereocenters. The van der Waals surface area contributed by atoms with E-state index in [-0.39, 0.29) is 11.9 Å². The third kappa shape index (κ3) is 3.92. The Morgan fingerprint density at radius 3 is 2.73 bits per heavy atom. The van der Waals surface area contributed by atoms with Crippen molar-refractivity contribution in [2.75, 3.05) is 0 Å². The molecule has 0 aliphatic rings. The van der Waals surface area contributed by atoms with Gasteiger partial charge in [-0.05, 0) is 25.0 Å². The number of benzene rings is 1. The molecule has 0 aliphatic carbocycles. The van der Waals surface area contributed by atoms with Gasteiger partial charge in [-0.2, -0.15) is 0 Å². The van der Waals surface area contributed by atoms with Gasteiger partial charge in [-0.3, -0.25) is 4.79 Å². The quantitative estimate of drug-likeness (QED) is 0.839. The molecular weight excluding hydrogens is 210 g/mol. The summed E-state index contributed by atoms with van der Waals surface area (Å²) in [7, 11) is 0. The van der Waals surface area contributed by atoms with Crippen LogP contribution < -0.4 is 5.32 Å². The van der Waals surface area contributed by atoms with Gasteiger partial charge in [0.2, 0.25) is 5.91 Å². The van der Waals surface area contributed by atoms with Crippen LogP contribution in [-0.4, -0.2) is 11.9 Å². The second-order valence-electron chi connectivity index (χ2n) is 3.64. The number of hydrogen-bond donors (Lipinski definition) is 1. The fourth-order valence-electron chi connectivity index (χ4n) is 1.24. The summed E-state index contributed by atoms with van der Waals surface area (Å²) in [5.41, 5.74) is 0.875. The predicted octanol–water partition coefficient (Wildman–Crippen LogP) is 2.80. The normalized spacial score (nSPS) is 12.2. The van der Waals surface area contributed by atoms with Crippen molar-refractivity contribution in [3.05, 3.63) is 34.9 Å². The number of nitrogens with one attached hydrogen (secondary N) is 1. The summed E-state index contributed by atoms with van der Waals surface area (Å²) >= 11 is 5.96. The number of carbonyl (C=O) groups is 1. The Morgan fingerprint density at radius 2 is 2.13 bits per heavy atom. The fraction of sp³-hybridized carbons (Fsp3) is 0.417. The van der Waals surface area contributed by atoms with Crippen LogP contribution in [0.3, 0.4) is 0 Å². The molecule has 1 rings (SSSR count). The number of rotatable bonds is 4. The van der Waals surface area contributed by atoms with Gasteiger partial charge in [0.05, 0.1) is 6.42 Å². The number of amides is 1. The summed E-state index contributed by atoms with van der Waals surface area (Å²) in [6.45, 7) is 4.03. The lowest BCUT2D eigenvalue weighted by atomic mass is 10.1. The summed E-state index contributed by atoms with van der Waals surface area (Å²) < 4.78 is 0. The van der Waals surface area contributed by atoms with Crippen molar-refractivity contribution in [1.82, 2.24) is 5.32 Å². The molecule has 3 heteroatoms. The molecule has 15 heavy (non-hydrogen) atoms. The molecule has 0 unspecified atom stereocenters. The van der Waals surface area contributed by atoms with Gasteiger partial charge < -0.3 is 5.32 Å². The van der Waals surface area contributed by atoms with Gasteiger partial charge in [0.15, 0.2) is 0 Å². The van der Waals surface area contributed by atoms with E-state index in [1.807, 2.05) is 32.0 Å². The van der Waals surface area contributed by atoms with E-state index in [4.69, 9.17) is 11.6 Å². The first-order chi connectivity index (χ1) is 7.13. The Morgan fingerprint density at radius 1 is 1.47 bits per heavy atom. The molecular formula is C12H16ClNO. The van der Waals surface area contributed by atoms with Gasteiger partial charge in [0, 0.05) is 11.1 Å². The summed E-state index contributed by atoms with van der Waals surface area (Å²) in [6, 6.07) is 7.64. The van der Waals surface area contributed by atoms with Crippen LogP contribution in [0, 0.1) is 0 Å². The van der Waals surface area contributed by atoms with Crippen LogP contribution >= 0.6 is 11.6 Å². The maximum absolute atomic E-state index is 11.6.